The first-order valence-corrected chi connectivity index (χ1v) is 7.52. The lowest BCUT2D eigenvalue weighted by atomic mass is 10.1. The van der Waals surface area contributed by atoms with Crippen LogP contribution in [0.25, 0.3) is 11.0 Å². The Morgan fingerprint density at radius 2 is 2.00 bits per heavy atom. The van der Waals surface area contributed by atoms with Gasteiger partial charge < -0.3 is 9.73 Å². The fraction of sp³-hybridized carbons (Fsp3) is 0.211. The van der Waals surface area contributed by atoms with Crippen LogP contribution in [0.5, 0.6) is 0 Å². The van der Waals surface area contributed by atoms with Gasteiger partial charge in [0.2, 0.25) is 5.91 Å². The number of hydrogen-bond acceptors (Lipinski definition) is 2. The Bertz CT molecular complexity index is 817. The van der Waals surface area contributed by atoms with Crippen molar-refractivity contribution in [2.75, 3.05) is 5.32 Å². The Kier molecular flexibility index (Phi) is 3.96. The zero-order valence-corrected chi connectivity index (χ0v) is 12.8. The lowest BCUT2D eigenvalue weighted by Crippen LogP contribution is -2.14. The topological polar surface area (TPSA) is 42.2 Å². The summed E-state index contributed by atoms with van der Waals surface area (Å²) in [5.74, 6) is -0.0310. The van der Waals surface area contributed by atoms with Crippen molar-refractivity contribution < 1.29 is 9.21 Å². The highest BCUT2D eigenvalue weighted by molar-refractivity contribution is 5.95. The average Bonchev–Trinajstić information content (AvgIpc) is 2.91. The largest absolute Gasteiger partial charge is 0.464 e. The first-order chi connectivity index (χ1) is 10.7. The van der Waals surface area contributed by atoms with E-state index in [1.807, 2.05) is 43.3 Å². The second kappa shape index (κ2) is 6.06. The molecule has 112 valence electrons. The second-order valence-corrected chi connectivity index (χ2v) is 5.48. The molecule has 1 aromatic heterocycles. The normalized spacial score (nSPS) is 10.8. The van der Waals surface area contributed by atoms with Gasteiger partial charge in [0, 0.05) is 16.6 Å². The Balaban J connectivity index is 1.78. The molecule has 22 heavy (non-hydrogen) atoms. The van der Waals surface area contributed by atoms with E-state index in [-0.39, 0.29) is 5.91 Å². The van der Waals surface area contributed by atoms with Crippen molar-refractivity contribution in [1.29, 1.82) is 0 Å². The number of aryl methyl sites for hydroxylation is 2. The van der Waals surface area contributed by atoms with Crippen LogP contribution in [0.4, 0.5) is 5.69 Å². The monoisotopic (exact) mass is 293 g/mol. The highest BCUT2D eigenvalue weighted by Gasteiger charge is 2.11. The summed E-state index contributed by atoms with van der Waals surface area (Å²) in [5.41, 5.74) is 4.91. The first kappa shape index (κ1) is 14.4. The predicted molar refractivity (Wildman–Crippen MR) is 89.1 cm³/mol. The van der Waals surface area contributed by atoms with E-state index in [0.717, 1.165) is 34.2 Å². The summed E-state index contributed by atoms with van der Waals surface area (Å²) in [6.07, 6.45) is 2.97. The molecular weight excluding hydrogens is 274 g/mol. The molecule has 0 radical (unpaired) electrons. The number of furan rings is 1. The van der Waals surface area contributed by atoms with Gasteiger partial charge >= 0.3 is 0 Å². The molecule has 0 unspecified atom stereocenters. The molecule has 3 nitrogen and oxygen atoms in total. The molecule has 0 fully saturated rings. The number of carbonyl (C=O) groups excluding carboxylic acids is 1. The van der Waals surface area contributed by atoms with Gasteiger partial charge in [0.15, 0.2) is 0 Å². The first-order valence-electron chi connectivity index (χ1n) is 7.52. The fourth-order valence-corrected chi connectivity index (χ4v) is 2.56. The zero-order valence-electron chi connectivity index (χ0n) is 12.8. The SMILES string of the molecule is CCc1ccc2c(CC(=O)Nc3ccccc3C)coc2c1. The molecule has 3 aromatic rings. The summed E-state index contributed by atoms with van der Waals surface area (Å²) >= 11 is 0. The number of carbonyl (C=O) groups is 1. The van der Waals surface area contributed by atoms with Gasteiger partial charge in [-0.25, -0.2) is 0 Å². The molecule has 1 N–H and O–H groups in total. The van der Waals surface area contributed by atoms with Crippen molar-refractivity contribution >= 4 is 22.6 Å². The number of nitrogens with one attached hydrogen (secondary N) is 1. The third-order valence-electron chi connectivity index (χ3n) is 3.90. The van der Waals surface area contributed by atoms with E-state index in [0.29, 0.717) is 6.42 Å². The molecule has 0 bridgehead atoms. The van der Waals surface area contributed by atoms with Gasteiger partial charge in [-0.2, -0.15) is 0 Å². The van der Waals surface area contributed by atoms with E-state index in [2.05, 4.69) is 18.3 Å². The molecule has 0 aliphatic rings. The van der Waals surface area contributed by atoms with Crippen molar-refractivity contribution in [3.8, 4) is 0 Å². The van der Waals surface area contributed by atoms with Gasteiger partial charge in [0.05, 0.1) is 12.7 Å². The summed E-state index contributed by atoms with van der Waals surface area (Å²) in [4.78, 5) is 12.2. The molecule has 0 aliphatic heterocycles. The molecule has 0 atom stereocenters. The number of anilines is 1. The van der Waals surface area contributed by atoms with Crippen LogP contribution in [0.1, 0.15) is 23.6 Å². The van der Waals surface area contributed by atoms with Gasteiger partial charge in [-0.3, -0.25) is 4.79 Å². The lowest BCUT2D eigenvalue weighted by molar-refractivity contribution is -0.115. The molecular formula is C19H19NO2. The van der Waals surface area contributed by atoms with Crippen LogP contribution in [0.3, 0.4) is 0 Å². The van der Waals surface area contributed by atoms with Crippen LogP contribution >= 0.6 is 0 Å². The molecule has 2 aromatic carbocycles. The van der Waals surface area contributed by atoms with E-state index in [9.17, 15) is 4.79 Å². The molecule has 3 rings (SSSR count). The molecule has 0 saturated carbocycles. The number of amides is 1. The van der Waals surface area contributed by atoms with Gasteiger partial charge in [-0.15, -0.1) is 0 Å². The second-order valence-electron chi connectivity index (χ2n) is 5.48. The molecule has 0 spiro atoms. The Morgan fingerprint density at radius 1 is 1.18 bits per heavy atom. The van der Waals surface area contributed by atoms with Crippen molar-refractivity contribution in [2.45, 2.75) is 26.7 Å². The minimum Gasteiger partial charge on any atom is -0.464 e. The maximum Gasteiger partial charge on any atom is 0.228 e. The Hall–Kier alpha value is -2.55. The maximum absolute atomic E-state index is 12.2. The van der Waals surface area contributed by atoms with Gasteiger partial charge in [0.1, 0.15) is 5.58 Å². The van der Waals surface area contributed by atoms with E-state index in [1.54, 1.807) is 6.26 Å². The van der Waals surface area contributed by atoms with Crippen LogP contribution in [-0.2, 0) is 17.6 Å². The Morgan fingerprint density at radius 3 is 2.77 bits per heavy atom. The van der Waals surface area contributed by atoms with Gasteiger partial charge in [-0.05, 0) is 36.6 Å². The molecule has 0 saturated heterocycles. The minimum atomic E-state index is -0.0310. The smallest absolute Gasteiger partial charge is 0.228 e. The highest BCUT2D eigenvalue weighted by Crippen LogP contribution is 2.23. The van der Waals surface area contributed by atoms with Crippen molar-refractivity contribution in [1.82, 2.24) is 0 Å². The molecule has 0 aliphatic carbocycles. The third kappa shape index (κ3) is 2.89. The molecule has 1 heterocycles. The van der Waals surface area contributed by atoms with Crippen LogP contribution in [0.15, 0.2) is 53.1 Å². The highest BCUT2D eigenvalue weighted by atomic mass is 16.3. The van der Waals surface area contributed by atoms with Crippen molar-refractivity contribution in [3.05, 3.63) is 65.4 Å². The van der Waals surface area contributed by atoms with E-state index in [1.165, 1.54) is 5.56 Å². The number of hydrogen-bond donors (Lipinski definition) is 1. The molecule has 3 heteroatoms. The van der Waals surface area contributed by atoms with Crippen LogP contribution in [-0.4, -0.2) is 5.91 Å². The lowest BCUT2D eigenvalue weighted by Gasteiger charge is -2.07. The number of rotatable bonds is 4. The van der Waals surface area contributed by atoms with Crippen LogP contribution < -0.4 is 5.32 Å². The number of benzene rings is 2. The van der Waals surface area contributed by atoms with Crippen LogP contribution in [0, 0.1) is 6.92 Å². The summed E-state index contributed by atoms with van der Waals surface area (Å²) in [5, 5.41) is 3.97. The maximum atomic E-state index is 12.2. The van der Waals surface area contributed by atoms with Crippen LogP contribution in [0.2, 0.25) is 0 Å². The van der Waals surface area contributed by atoms with Gasteiger partial charge in [0.25, 0.3) is 0 Å². The zero-order chi connectivity index (χ0) is 15.5. The molecule has 1 amide bonds. The quantitative estimate of drug-likeness (QED) is 0.770. The summed E-state index contributed by atoms with van der Waals surface area (Å²) in [6, 6.07) is 13.9. The summed E-state index contributed by atoms with van der Waals surface area (Å²) in [7, 11) is 0. The van der Waals surface area contributed by atoms with E-state index in [4.69, 9.17) is 4.42 Å². The third-order valence-corrected chi connectivity index (χ3v) is 3.90. The van der Waals surface area contributed by atoms with E-state index >= 15 is 0 Å². The average molecular weight is 293 g/mol. The van der Waals surface area contributed by atoms with Crippen molar-refractivity contribution in [3.63, 3.8) is 0 Å². The summed E-state index contributed by atoms with van der Waals surface area (Å²) < 4.78 is 5.59. The number of fused-ring (bicyclic) bond motifs is 1. The minimum absolute atomic E-state index is 0.0310. The van der Waals surface area contributed by atoms with E-state index < -0.39 is 0 Å². The standard InChI is InChI=1S/C19H19NO2/c1-3-14-8-9-16-15(12-22-18(16)10-14)11-19(21)20-17-7-5-4-6-13(17)2/h4-10,12H,3,11H2,1-2H3,(H,20,21). The summed E-state index contributed by atoms with van der Waals surface area (Å²) in [6.45, 7) is 4.09. The van der Waals surface area contributed by atoms with Gasteiger partial charge in [-0.1, -0.05) is 37.3 Å². The fourth-order valence-electron chi connectivity index (χ4n) is 2.56. The predicted octanol–water partition coefficient (Wildman–Crippen LogP) is 4.48. The number of para-hydroxylation sites is 1. The van der Waals surface area contributed by atoms with Crippen molar-refractivity contribution in [2.24, 2.45) is 0 Å². The Labute approximate surface area is 130 Å².